The maximum absolute atomic E-state index is 11.8. The molecule has 2 rings (SSSR count). The summed E-state index contributed by atoms with van der Waals surface area (Å²) < 4.78 is 0. The number of likely N-dealkylation sites (tertiary alicyclic amines) is 1. The van der Waals surface area contributed by atoms with Crippen LogP contribution < -0.4 is 0 Å². The van der Waals surface area contributed by atoms with Crippen LogP contribution in [0.1, 0.15) is 18.4 Å². The summed E-state index contributed by atoms with van der Waals surface area (Å²) in [7, 11) is 0. The summed E-state index contributed by atoms with van der Waals surface area (Å²) in [4.78, 5) is 13.4. The number of halogens is 1. The SMILES string of the molecule is O=C1CC[C@@H](C(O)CO)N1Cc1ccccc1Cl. The number of nitrogens with zero attached hydrogens (tertiary/aromatic N) is 1. The molecular weight excluding hydrogens is 254 g/mol. The monoisotopic (exact) mass is 269 g/mol. The molecule has 0 spiro atoms. The second kappa shape index (κ2) is 5.69. The smallest absolute Gasteiger partial charge is 0.223 e. The fourth-order valence-corrected chi connectivity index (χ4v) is 2.49. The quantitative estimate of drug-likeness (QED) is 0.863. The molecule has 2 N–H and O–H groups in total. The molecule has 0 bridgehead atoms. The van der Waals surface area contributed by atoms with Gasteiger partial charge in [0.25, 0.3) is 0 Å². The average molecular weight is 270 g/mol. The molecule has 1 amide bonds. The summed E-state index contributed by atoms with van der Waals surface area (Å²) in [5.41, 5.74) is 0.851. The lowest BCUT2D eigenvalue weighted by atomic mass is 10.1. The Kier molecular flexibility index (Phi) is 4.22. The fraction of sp³-hybridized carbons (Fsp3) is 0.462. The second-order valence-corrected chi connectivity index (χ2v) is 4.88. The first kappa shape index (κ1) is 13.3. The lowest BCUT2D eigenvalue weighted by molar-refractivity contribution is -0.131. The van der Waals surface area contributed by atoms with Gasteiger partial charge in [-0.25, -0.2) is 0 Å². The zero-order chi connectivity index (χ0) is 13.1. The maximum atomic E-state index is 11.8. The third-order valence-electron chi connectivity index (χ3n) is 3.30. The molecule has 1 saturated heterocycles. The largest absolute Gasteiger partial charge is 0.394 e. The van der Waals surface area contributed by atoms with Gasteiger partial charge in [-0.2, -0.15) is 0 Å². The molecule has 0 aliphatic carbocycles. The summed E-state index contributed by atoms with van der Waals surface area (Å²) >= 11 is 6.06. The molecule has 98 valence electrons. The molecule has 2 atom stereocenters. The first-order chi connectivity index (χ1) is 8.63. The molecular formula is C13H16ClNO3. The first-order valence-corrected chi connectivity index (χ1v) is 6.33. The van der Waals surface area contributed by atoms with Crippen LogP contribution in [0.2, 0.25) is 5.02 Å². The van der Waals surface area contributed by atoms with Crippen molar-refractivity contribution in [3.05, 3.63) is 34.9 Å². The number of benzene rings is 1. The highest BCUT2D eigenvalue weighted by Crippen LogP contribution is 2.26. The van der Waals surface area contributed by atoms with Gasteiger partial charge < -0.3 is 15.1 Å². The molecule has 0 aromatic heterocycles. The summed E-state index contributed by atoms with van der Waals surface area (Å²) in [5.74, 6) is -0.00702. The minimum absolute atomic E-state index is 0.00702. The lowest BCUT2D eigenvalue weighted by Crippen LogP contribution is -2.42. The van der Waals surface area contributed by atoms with Crippen LogP contribution in [0, 0.1) is 0 Å². The van der Waals surface area contributed by atoms with Crippen LogP contribution in [0.25, 0.3) is 0 Å². The number of amides is 1. The summed E-state index contributed by atoms with van der Waals surface area (Å²) in [6, 6.07) is 7.00. The molecule has 0 radical (unpaired) electrons. The van der Waals surface area contributed by atoms with Gasteiger partial charge in [-0.1, -0.05) is 29.8 Å². The van der Waals surface area contributed by atoms with E-state index >= 15 is 0 Å². The van der Waals surface area contributed by atoms with Gasteiger partial charge in [0.15, 0.2) is 0 Å². The van der Waals surface area contributed by atoms with E-state index in [9.17, 15) is 9.90 Å². The molecule has 1 aromatic carbocycles. The van der Waals surface area contributed by atoms with E-state index < -0.39 is 6.10 Å². The number of rotatable bonds is 4. The Balaban J connectivity index is 2.15. The number of aliphatic hydroxyl groups excluding tert-OH is 2. The fourth-order valence-electron chi connectivity index (χ4n) is 2.29. The summed E-state index contributed by atoms with van der Waals surface area (Å²) in [6.07, 6.45) is 0.0935. The van der Waals surface area contributed by atoms with Gasteiger partial charge in [0.2, 0.25) is 5.91 Å². The highest BCUT2D eigenvalue weighted by atomic mass is 35.5. The van der Waals surface area contributed by atoms with Gasteiger partial charge in [0, 0.05) is 18.0 Å². The normalized spacial score (nSPS) is 21.4. The van der Waals surface area contributed by atoms with Crippen molar-refractivity contribution in [3.63, 3.8) is 0 Å². The Morgan fingerprint density at radius 2 is 2.17 bits per heavy atom. The highest BCUT2D eigenvalue weighted by molar-refractivity contribution is 6.31. The van der Waals surface area contributed by atoms with Crippen molar-refractivity contribution < 1.29 is 15.0 Å². The van der Waals surface area contributed by atoms with E-state index in [2.05, 4.69) is 0 Å². The molecule has 1 fully saturated rings. The maximum Gasteiger partial charge on any atom is 0.223 e. The van der Waals surface area contributed by atoms with Crippen molar-refractivity contribution in [1.82, 2.24) is 4.90 Å². The molecule has 1 heterocycles. The molecule has 18 heavy (non-hydrogen) atoms. The Morgan fingerprint density at radius 3 is 2.83 bits per heavy atom. The molecule has 1 aromatic rings. The second-order valence-electron chi connectivity index (χ2n) is 4.47. The molecule has 4 nitrogen and oxygen atoms in total. The molecule has 0 saturated carbocycles. The van der Waals surface area contributed by atoms with E-state index in [0.29, 0.717) is 24.4 Å². The minimum Gasteiger partial charge on any atom is -0.394 e. The Labute approximate surface area is 111 Å². The average Bonchev–Trinajstić information content (AvgIpc) is 2.73. The number of hydrogen-bond acceptors (Lipinski definition) is 3. The Hall–Kier alpha value is -1.10. The van der Waals surface area contributed by atoms with Crippen LogP contribution in [0.15, 0.2) is 24.3 Å². The third-order valence-corrected chi connectivity index (χ3v) is 3.67. The van der Waals surface area contributed by atoms with Crippen molar-refractivity contribution >= 4 is 17.5 Å². The first-order valence-electron chi connectivity index (χ1n) is 5.95. The predicted octanol–water partition coefficient (Wildman–Crippen LogP) is 1.18. The van der Waals surface area contributed by atoms with Crippen molar-refractivity contribution in [3.8, 4) is 0 Å². The number of carbonyl (C=O) groups excluding carboxylic acids is 1. The van der Waals surface area contributed by atoms with Gasteiger partial charge in [0.05, 0.1) is 18.8 Å². The lowest BCUT2D eigenvalue weighted by Gasteiger charge is -2.28. The van der Waals surface area contributed by atoms with E-state index in [-0.39, 0.29) is 18.6 Å². The van der Waals surface area contributed by atoms with E-state index in [1.165, 1.54) is 0 Å². The van der Waals surface area contributed by atoms with Crippen molar-refractivity contribution in [2.45, 2.75) is 31.5 Å². The highest BCUT2D eigenvalue weighted by Gasteiger charge is 2.35. The van der Waals surface area contributed by atoms with Crippen LogP contribution in [-0.2, 0) is 11.3 Å². The van der Waals surface area contributed by atoms with Crippen molar-refractivity contribution in [2.24, 2.45) is 0 Å². The van der Waals surface area contributed by atoms with Gasteiger partial charge in [-0.05, 0) is 18.1 Å². The van der Waals surface area contributed by atoms with Gasteiger partial charge in [0.1, 0.15) is 0 Å². The van der Waals surface area contributed by atoms with Gasteiger partial charge in [-0.15, -0.1) is 0 Å². The number of carbonyl (C=O) groups is 1. The zero-order valence-electron chi connectivity index (χ0n) is 9.92. The molecule has 1 unspecified atom stereocenters. The number of aliphatic hydroxyl groups is 2. The van der Waals surface area contributed by atoms with Crippen molar-refractivity contribution in [2.75, 3.05) is 6.61 Å². The molecule has 1 aliphatic rings. The van der Waals surface area contributed by atoms with Crippen LogP contribution in [0.4, 0.5) is 0 Å². The van der Waals surface area contributed by atoms with Crippen LogP contribution in [0.3, 0.4) is 0 Å². The van der Waals surface area contributed by atoms with Gasteiger partial charge in [-0.3, -0.25) is 4.79 Å². The number of hydrogen-bond donors (Lipinski definition) is 2. The Morgan fingerprint density at radius 1 is 1.44 bits per heavy atom. The van der Waals surface area contributed by atoms with E-state index in [1.54, 1.807) is 11.0 Å². The van der Waals surface area contributed by atoms with E-state index in [1.807, 2.05) is 18.2 Å². The predicted molar refractivity (Wildman–Crippen MR) is 68.1 cm³/mol. The van der Waals surface area contributed by atoms with E-state index in [0.717, 1.165) is 5.56 Å². The Bertz CT molecular complexity index is 438. The van der Waals surface area contributed by atoms with Gasteiger partial charge >= 0.3 is 0 Å². The third kappa shape index (κ3) is 2.66. The van der Waals surface area contributed by atoms with Crippen LogP contribution >= 0.6 is 11.6 Å². The van der Waals surface area contributed by atoms with Crippen LogP contribution in [-0.4, -0.2) is 39.8 Å². The molecule has 1 aliphatic heterocycles. The topological polar surface area (TPSA) is 60.8 Å². The minimum atomic E-state index is -0.890. The summed E-state index contributed by atoms with van der Waals surface area (Å²) in [5, 5.41) is 19.3. The van der Waals surface area contributed by atoms with Crippen molar-refractivity contribution in [1.29, 1.82) is 0 Å². The zero-order valence-corrected chi connectivity index (χ0v) is 10.7. The molecule has 5 heteroatoms. The van der Waals surface area contributed by atoms with E-state index in [4.69, 9.17) is 16.7 Å². The standard InChI is InChI=1S/C13H16ClNO3/c14-10-4-2-1-3-9(10)7-15-11(12(17)8-16)5-6-13(15)18/h1-4,11-12,16-17H,5-8H2/t11-,12?/m0/s1. The van der Waals surface area contributed by atoms with Crippen LogP contribution in [0.5, 0.6) is 0 Å². The summed E-state index contributed by atoms with van der Waals surface area (Å²) in [6.45, 7) is 0.0389.